The Kier molecular flexibility index (Phi) is 17.0. The molecule has 0 aromatic heterocycles. The van der Waals surface area contributed by atoms with Gasteiger partial charge in [-0.2, -0.15) is 0 Å². The van der Waals surface area contributed by atoms with Crippen molar-refractivity contribution in [2.75, 3.05) is 27.9 Å². The van der Waals surface area contributed by atoms with E-state index < -0.39 is 95.9 Å². The van der Waals surface area contributed by atoms with E-state index in [4.69, 9.17) is 23.7 Å². The number of nitrogens with zero attached hydrogens (tertiary/aromatic N) is 1. The van der Waals surface area contributed by atoms with Gasteiger partial charge in [0, 0.05) is 52.0 Å². The lowest BCUT2D eigenvalue weighted by Crippen LogP contribution is -2.64. The number of amides is 1. The van der Waals surface area contributed by atoms with E-state index >= 15 is 0 Å². The van der Waals surface area contributed by atoms with Gasteiger partial charge < -0.3 is 49.0 Å². The van der Waals surface area contributed by atoms with Crippen LogP contribution >= 0.6 is 0 Å². The van der Waals surface area contributed by atoms with Gasteiger partial charge in [-0.05, 0) is 94.6 Å². The first kappa shape index (κ1) is 47.1. The fourth-order valence-electron chi connectivity index (χ4n) is 9.31. The molecular weight excluding hydrogens is 738 g/mol. The average molecular weight is 808 g/mol. The lowest BCUT2D eigenvalue weighted by Gasteiger charge is -2.47. The minimum atomic E-state index is -2.57. The molecule has 3 heterocycles. The van der Waals surface area contributed by atoms with E-state index in [-0.39, 0.29) is 50.0 Å². The first-order valence-corrected chi connectivity index (χ1v) is 20.9. The van der Waals surface area contributed by atoms with E-state index in [2.05, 4.69) is 0 Å². The van der Waals surface area contributed by atoms with Gasteiger partial charge in [-0.1, -0.05) is 39.8 Å². The number of Topliss-reactive ketones (excluding diaryl/α,β-unsaturated/α-hetero) is 2. The molecule has 0 spiro atoms. The molecule has 1 unspecified atom stereocenters. The summed E-state index contributed by atoms with van der Waals surface area (Å²) in [7, 11) is 4.49. The number of hydrogen-bond acceptors (Lipinski definition) is 13. The molecule has 4 rings (SSSR count). The maximum Gasteiger partial charge on any atom is 0.329 e. The first-order chi connectivity index (χ1) is 26.9. The van der Waals surface area contributed by atoms with E-state index in [9.17, 15) is 39.6 Å². The van der Waals surface area contributed by atoms with Crippen LogP contribution in [0.15, 0.2) is 23.3 Å². The Labute approximate surface area is 338 Å². The number of carbonyl (C=O) groups is 4. The number of fused-ring (bicyclic) bond motifs is 3. The number of ether oxygens (including phenoxy) is 5. The molecule has 1 aliphatic carbocycles. The van der Waals surface area contributed by atoms with Gasteiger partial charge in [0.15, 0.2) is 0 Å². The molecule has 1 amide bonds. The second-order valence-corrected chi connectivity index (χ2v) is 17.2. The second kappa shape index (κ2) is 20.6. The van der Waals surface area contributed by atoms with Crippen LogP contribution in [0.25, 0.3) is 0 Å². The van der Waals surface area contributed by atoms with Crippen LogP contribution in [0, 0.1) is 29.6 Å². The van der Waals surface area contributed by atoms with Crippen molar-refractivity contribution in [2.24, 2.45) is 29.6 Å². The van der Waals surface area contributed by atoms with Crippen LogP contribution in [0.1, 0.15) is 106 Å². The number of rotatable bonds is 6. The van der Waals surface area contributed by atoms with Crippen molar-refractivity contribution < 1.29 is 63.3 Å². The van der Waals surface area contributed by atoms with E-state index in [1.807, 2.05) is 19.9 Å². The third-order valence-corrected chi connectivity index (χ3v) is 13.2. The van der Waals surface area contributed by atoms with Gasteiger partial charge in [0.25, 0.3) is 11.7 Å². The van der Waals surface area contributed by atoms with Crippen LogP contribution in [0.3, 0.4) is 0 Å². The van der Waals surface area contributed by atoms with Gasteiger partial charge >= 0.3 is 5.97 Å². The van der Waals surface area contributed by atoms with Crippen LogP contribution in [-0.4, -0.2) is 137 Å². The van der Waals surface area contributed by atoms with Crippen molar-refractivity contribution in [2.45, 2.75) is 166 Å². The monoisotopic (exact) mass is 807 g/mol. The zero-order valence-corrected chi connectivity index (χ0v) is 35.4. The zero-order valence-electron chi connectivity index (χ0n) is 35.4. The number of cyclic esters (lactones) is 1. The Morgan fingerprint density at radius 3 is 2.19 bits per heavy atom. The van der Waals surface area contributed by atoms with E-state index in [1.165, 1.54) is 14.2 Å². The number of piperidine rings is 1. The largest absolute Gasteiger partial charge is 0.456 e. The molecule has 3 fully saturated rings. The summed E-state index contributed by atoms with van der Waals surface area (Å²) in [6.45, 7) is 10.6. The Hall–Kier alpha value is -2.56. The van der Waals surface area contributed by atoms with E-state index in [1.54, 1.807) is 40.9 Å². The van der Waals surface area contributed by atoms with E-state index in [0.717, 1.165) is 4.90 Å². The summed E-state index contributed by atoms with van der Waals surface area (Å²) >= 11 is 0. The number of aliphatic hydroxyl groups is 4. The highest BCUT2D eigenvalue weighted by Crippen LogP contribution is 2.39. The predicted molar refractivity (Wildman–Crippen MR) is 209 cm³/mol. The lowest BCUT2D eigenvalue weighted by atomic mass is 9.81. The highest BCUT2D eigenvalue weighted by Gasteiger charge is 2.56. The number of aliphatic hydroxyl groups excluding tert-OH is 3. The molecule has 0 aromatic carbocycles. The quantitative estimate of drug-likeness (QED) is 0.173. The van der Waals surface area contributed by atoms with Gasteiger partial charge in [-0.3, -0.25) is 14.4 Å². The number of allylic oxidation sites excluding steroid dienone is 2. The Bertz CT molecular complexity index is 1470. The molecular formula is C43H69NO13. The molecule has 4 N–H and O–H groups in total. The smallest absolute Gasteiger partial charge is 0.329 e. The molecule has 4 aliphatic rings. The van der Waals surface area contributed by atoms with Crippen LogP contribution < -0.4 is 0 Å². The molecule has 324 valence electrons. The van der Waals surface area contributed by atoms with Crippen molar-refractivity contribution in [3.63, 3.8) is 0 Å². The van der Waals surface area contributed by atoms with Crippen molar-refractivity contribution in [3.05, 3.63) is 23.3 Å². The number of ketones is 2. The number of carbonyl (C=O) groups excluding carboxylic acids is 4. The van der Waals surface area contributed by atoms with Gasteiger partial charge in [0.2, 0.25) is 5.79 Å². The molecule has 0 radical (unpaired) electrons. The molecule has 14 heteroatoms. The number of hydrogen-bond donors (Lipinski definition) is 4. The predicted octanol–water partition coefficient (Wildman–Crippen LogP) is 3.44. The van der Waals surface area contributed by atoms with Crippen LogP contribution in [0.2, 0.25) is 0 Å². The molecule has 2 bridgehead atoms. The summed E-state index contributed by atoms with van der Waals surface area (Å²) in [6.07, 6.45) is 0.618. The third kappa shape index (κ3) is 10.8. The summed E-state index contributed by atoms with van der Waals surface area (Å²) in [5.41, 5.74) is 1.19. The normalized spacial score (nSPS) is 42.4. The minimum Gasteiger partial charge on any atom is -0.456 e. The fourth-order valence-corrected chi connectivity index (χ4v) is 9.31. The minimum absolute atomic E-state index is 0.0255. The first-order valence-electron chi connectivity index (χ1n) is 20.9. The maximum atomic E-state index is 14.3. The highest BCUT2D eigenvalue weighted by molar-refractivity contribution is 6.39. The summed E-state index contributed by atoms with van der Waals surface area (Å²) < 4.78 is 29.6. The Morgan fingerprint density at radius 2 is 1.56 bits per heavy atom. The SMILES string of the molecule is CC[C@@H]1/C=C(\C)[C@@H](O)[C@H](C)CC(OC)[C@H]2O[C@@](O)(C(=O)C(=O)N3CCCC[C@H]3C(=O)O[C@H](/C(C)=C/[C@@H]3CC[C@@H](O)[C@H](OC)C3)[C@H](C)[C@@H](O)CC1=O)[C@H](C)C[C@@H]2OC. The van der Waals surface area contributed by atoms with Gasteiger partial charge in [0.05, 0.1) is 36.6 Å². The van der Waals surface area contributed by atoms with Gasteiger partial charge in [-0.15, -0.1) is 0 Å². The standard InChI is InChI=1S/C43H69NO13/c1-10-29-18-23(2)37(48)24(3)19-35(54-8)39-36(55-9)20-26(5)43(52,57-39)40(49)41(50)44-16-12-11-13-30(44)42(51)56-38(27(6)32(46)22-33(29)47)25(4)17-28-14-15-31(45)34(21-28)53-7/h17-18,24,26-32,34-39,45-46,48,52H,10-16,19-22H2,1-9H3/b23-18+,25-17+/t24-,26-,27-,28+,29-,30+,31-,32+,34-,35?,36+,37-,38-,39-,43-/m1/s1. The molecule has 57 heavy (non-hydrogen) atoms. The summed E-state index contributed by atoms with van der Waals surface area (Å²) in [5.74, 6) is -8.59. The van der Waals surface area contributed by atoms with Crippen molar-refractivity contribution >= 4 is 23.4 Å². The van der Waals surface area contributed by atoms with E-state index in [0.29, 0.717) is 49.7 Å². The fraction of sp³-hybridized carbons (Fsp3) is 0.814. The molecule has 15 atom stereocenters. The highest BCUT2D eigenvalue weighted by atomic mass is 16.7. The summed E-state index contributed by atoms with van der Waals surface area (Å²) in [6, 6.07) is -1.16. The maximum absolute atomic E-state index is 14.3. The van der Waals surface area contributed by atoms with Crippen molar-refractivity contribution in [1.82, 2.24) is 4.90 Å². The van der Waals surface area contributed by atoms with Crippen molar-refractivity contribution in [1.29, 1.82) is 0 Å². The molecule has 0 aromatic rings. The van der Waals surface area contributed by atoms with Crippen LogP contribution in [-0.2, 0) is 42.9 Å². The zero-order chi connectivity index (χ0) is 42.4. The van der Waals surface area contributed by atoms with Gasteiger partial charge in [-0.25, -0.2) is 4.79 Å². The number of methoxy groups -OCH3 is 3. The molecule has 14 nitrogen and oxygen atoms in total. The lowest BCUT2D eigenvalue weighted by molar-refractivity contribution is -0.302. The van der Waals surface area contributed by atoms with Crippen LogP contribution in [0.4, 0.5) is 0 Å². The topological polar surface area (TPSA) is 199 Å². The Balaban J connectivity index is 1.79. The molecule has 1 saturated carbocycles. The second-order valence-electron chi connectivity index (χ2n) is 17.2. The number of esters is 1. The van der Waals surface area contributed by atoms with Crippen LogP contribution in [0.5, 0.6) is 0 Å². The average Bonchev–Trinajstić information content (AvgIpc) is 3.20. The molecule has 2 saturated heterocycles. The van der Waals surface area contributed by atoms with Crippen molar-refractivity contribution in [3.8, 4) is 0 Å². The third-order valence-electron chi connectivity index (χ3n) is 13.2. The molecule has 3 aliphatic heterocycles. The summed E-state index contributed by atoms with van der Waals surface area (Å²) in [5, 5.41) is 45.6. The summed E-state index contributed by atoms with van der Waals surface area (Å²) in [4.78, 5) is 57.7. The van der Waals surface area contributed by atoms with Gasteiger partial charge in [0.1, 0.15) is 24.0 Å². The Morgan fingerprint density at radius 1 is 0.912 bits per heavy atom.